The van der Waals surface area contributed by atoms with Crippen LogP contribution in [0, 0.1) is 13.0 Å². The van der Waals surface area contributed by atoms with E-state index >= 15 is 0 Å². The van der Waals surface area contributed by atoms with Crippen molar-refractivity contribution in [2.75, 3.05) is 0 Å². The van der Waals surface area contributed by atoms with E-state index in [1.165, 1.54) is 6.07 Å². The van der Waals surface area contributed by atoms with Crippen molar-refractivity contribution < 1.29 is 8.42 Å². The fourth-order valence-electron chi connectivity index (χ4n) is 1.57. The second kappa shape index (κ2) is 4.49. The minimum Gasteiger partial charge on any atom is -0.227 e. The lowest BCUT2D eigenvalue weighted by Crippen LogP contribution is -1.87. The van der Waals surface area contributed by atoms with Gasteiger partial charge in [0.2, 0.25) is 0 Å². The van der Waals surface area contributed by atoms with E-state index in [1.807, 2.05) is 36.4 Å². The second-order valence-electron chi connectivity index (χ2n) is 3.54. The van der Waals surface area contributed by atoms with Crippen molar-refractivity contribution in [3.63, 3.8) is 0 Å². The highest BCUT2D eigenvalue weighted by Gasteiger charge is 2.03. The molecule has 2 aromatic carbocycles. The zero-order chi connectivity index (χ0) is 11.5. The van der Waals surface area contributed by atoms with Crippen LogP contribution in [0.4, 0.5) is 0 Å². The van der Waals surface area contributed by atoms with E-state index in [1.54, 1.807) is 6.92 Å². The molecule has 3 heteroatoms. The van der Waals surface area contributed by atoms with Crippen LogP contribution in [0.5, 0.6) is 0 Å². The van der Waals surface area contributed by atoms with Gasteiger partial charge in [-0.1, -0.05) is 30.3 Å². The van der Waals surface area contributed by atoms with Gasteiger partial charge in [-0.15, -0.1) is 0 Å². The second-order valence-corrected chi connectivity index (χ2v) is 4.53. The number of rotatable bonds is 2. The van der Waals surface area contributed by atoms with Crippen LogP contribution in [0.1, 0.15) is 5.56 Å². The Morgan fingerprint density at radius 1 is 1.12 bits per heavy atom. The lowest BCUT2D eigenvalue weighted by atomic mass is 10.0. The molecular formula is C13H11O2S. The Morgan fingerprint density at radius 2 is 1.81 bits per heavy atom. The Bertz CT molecular complexity index is 564. The summed E-state index contributed by atoms with van der Waals surface area (Å²) in [5.41, 5.74) is 2.71. The van der Waals surface area contributed by atoms with Gasteiger partial charge in [0.25, 0.3) is 0 Å². The van der Waals surface area contributed by atoms with Crippen LogP contribution in [0.3, 0.4) is 0 Å². The number of thiol groups is 1. The highest BCUT2D eigenvalue weighted by atomic mass is 32.2. The summed E-state index contributed by atoms with van der Waals surface area (Å²) in [6, 6.07) is 16.1. The summed E-state index contributed by atoms with van der Waals surface area (Å²) in [5.74, 6) is 0. The number of hydrogen-bond donors (Lipinski definition) is 1. The maximum atomic E-state index is 10.9. The van der Waals surface area contributed by atoms with Crippen molar-refractivity contribution in [2.45, 2.75) is 11.8 Å². The van der Waals surface area contributed by atoms with Gasteiger partial charge < -0.3 is 0 Å². The van der Waals surface area contributed by atoms with Crippen LogP contribution in [-0.2, 0) is 10.7 Å². The van der Waals surface area contributed by atoms with Gasteiger partial charge in [-0.2, -0.15) is 0 Å². The molecule has 81 valence electrons. The fourth-order valence-corrected chi connectivity index (χ4v) is 2.10. The minimum atomic E-state index is -2.53. The van der Waals surface area contributed by atoms with Crippen LogP contribution >= 0.6 is 0 Å². The third kappa shape index (κ3) is 2.14. The zero-order valence-corrected chi connectivity index (χ0v) is 9.70. The van der Waals surface area contributed by atoms with Crippen LogP contribution < -0.4 is 0 Å². The maximum absolute atomic E-state index is 10.9. The first kappa shape index (κ1) is 10.9. The topological polar surface area (TPSA) is 34.1 Å². The van der Waals surface area contributed by atoms with Crippen molar-refractivity contribution in [1.82, 2.24) is 0 Å². The third-order valence-electron chi connectivity index (χ3n) is 2.41. The monoisotopic (exact) mass is 231 g/mol. The molecule has 0 saturated heterocycles. The summed E-state index contributed by atoms with van der Waals surface area (Å²) in [6.07, 6.45) is 0. The van der Waals surface area contributed by atoms with Gasteiger partial charge in [0.1, 0.15) is 0 Å². The number of benzene rings is 2. The largest absolute Gasteiger partial charge is 0.227 e. The summed E-state index contributed by atoms with van der Waals surface area (Å²) >= 11 is 0. The predicted octanol–water partition coefficient (Wildman–Crippen LogP) is 2.43. The van der Waals surface area contributed by atoms with E-state index < -0.39 is 10.7 Å². The molecule has 0 bridgehead atoms. The first-order valence-corrected chi connectivity index (χ1v) is 6.08. The van der Waals surface area contributed by atoms with E-state index in [9.17, 15) is 8.42 Å². The highest BCUT2D eigenvalue weighted by molar-refractivity contribution is 7.72. The molecule has 0 amide bonds. The molecule has 1 radical (unpaired) electrons. The lowest BCUT2D eigenvalue weighted by molar-refractivity contribution is 0.614. The molecule has 0 saturated carbocycles. The summed E-state index contributed by atoms with van der Waals surface area (Å²) < 4.78 is 21.8. The SMILES string of the molecule is Cc1cc(-c2ccccc2)[c]cc1[SH](=O)=O. The van der Waals surface area contributed by atoms with E-state index in [0.717, 1.165) is 16.7 Å². The number of hydrogen-bond acceptors (Lipinski definition) is 2. The van der Waals surface area contributed by atoms with Gasteiger partial charge in [0.05, 0.1) is 4.90 Å². The van der Waals surface area contributed by atoms with Gasteiger partial charge in [-0.25, -0.2) is 8.42 Å². The molecule has 0 atom stereocenters. The van der Waals surface area contributed by atoms with Crippen molar-refractivity contribution in [3.05, 3.63) is 54.1 Å². The predicted molar refractivity (Wildman–Crippen MR) is 64.0 cm³/mol. The Morgan fingerprint density at radius 3 is 2.38 bits per heavy atom. The van der Waals surface area contributed by atoms with E-state index in [2.05, 4.69) is 6.07 Å². The Hall–Kier alpha value is -1.61. The summed E-state index contributed by atoms with van der Waals surface area (Å²) in [6.45, 7) is 1.79. The highest BCUT2D eigenvalue weighted by Crippen LogP contribution is 2.21. The van der Waals surface area contributed by atoms with Gasteiger partial charge >= 0.3 is 0 Å². The van der Waals surface area contributed by atoms with Crippen LogP contribution in [0.2, 0.25) is 0 Å². The molecule has 0 unspecified atom stereocenters. The molecule has 2 rings (SSSR count). The van der Waals surface area contributed by atoms with Crippen LogP contribution in [0.25, 0.3) is 11.1 Å². The van der Waals surface area contributed by atoms with Gasteiger partial charge in [0.15, 0.2) is 10.7 Å². The average Bonchev–Trinajstić information content (AvgIpc) is 2.29. The zero-order valence-electron chi connectivity index (χ0n) is 8.81. The molecule has 2 aromatic rings. The normalized spacial score (nSPS) is 10.6. The van der Waals surface area contributed by atoms with Crippen molar-refractivity contribution in [2.24, 2.45) is 0 Å². The van der Waals surface area contributed by atoms with E-state index in [0.29, 0.717) is 4.90 Å². The molecule has 0 spiro atoms. The summed E-state index contributed by atoms with van der Waals surface area (Å²) in [4.78, 5) is 0.342. The standard InChI is InChI=1S/C13H11O2S/c1-10-9-12(7-8-13(10)16(14)15)11-5-3-2-4-6-11/h2-6,8-9,16H,1H3. The lowest BCUT2D eigenvalue weighted by Gasteiger charge is -2.03. The minimum absolute atomic E-state index is 0.342. The molecule has 0 aromatic heterocycles. The first-order valence-electron chi connectivity index (χ1n) is 4.90. The molecular weight excluding hydrogens is 220 g/mol. The molecule has 0 fully saturated rings. The molecule has 2 nitrogen and oxygen atoms in total. The average molecular weight is 231 g/mol. The van der Waals surface area contributed by atoms with Crippen LogP contribution in [0.15, 0.2) is 47.4 Å². The molecule has 0 aliphatic rings. The van der Waals surface area contributed by atoms with E-state index in [4.69, 9.17) is 0 Å². The fraction of sp³-hybridized carbons (Fsp3) is 0.0769. The van der Waals surface area contributed by atoms with Crippen molar-refractivity contribution in [3.8, 4) is 11.1 Å². The molecule has 0 N–H and O–H groups in total. The van der Waals surface area contributed by atoms with E-state index in [-0.39, 0.29) is 0 Å². The van der Waals surface area contributed by atoms with Gasteiger partial charge in [-0.3, -0.25) is 0 Å². The molecule has 16 heavy (non-hydrogen) atoms. The quantitative estimate of drug-likeness (QED) is 0.805. The maximum Gasteiger partial charge on any atom is 0.168 e. The Balaban J connectivity index is 2.50. The van der Waals surface area contributed by atoms with Crippen LogP contribution in [-0.4, -0.2) is 8.42 Å². The van der Waals surface area contributed by atoms with Gasteiger partial charge in [-0.05, 0) is 41.8 Å². The molecule has 0 heterocycles. The Kier molecular flexibility index (Phi) is 3.06. The van der Waals surface area contributed by atoms with Crippen molar-refractivity contribution >= 4 is 10.7 Å². The molecule has 0 aliphatic heterocycles. The number of aryl methyl sites for hydroxylation is 1. The van der Waals surface area contributed by atoms with Gasteiger partial charge in [0, 0.05) is 0 Å². The summed E-state index contributed by atoms with van der Waals surface area (Å²) in [5, 5.41) is 0. The Labute approximate surface area is 96.5 Å². The first-order chi connectivity index (χ1) is 7.68. The van der Waals surface area contributed by atoms with Crippen molar-refractivity contribution in [1.29, 1.82) is 0 Å². The summed E-state index contributed by atoms with van der Waals surface area (Å²) in [7, 11) is -2.53. The molecule has 0 aliphatic carbocycles. The third-order valence-corrected chi connectivity index (χ3v) is 3.29. The smallest absolute Gasteiger partial charge is 0.168 e.